The second kappa shape index (κ2) is 4.06. The molecule has 0 spiro atoms. The number of carbonyl (C=O) groups is 1. The van der Waals surface area contributed by atoms with Gasteiger partial charge in [-0.25, -0.2) is 13.9 Å². The van der Waals surface area contributed by atoms with E-state index in [4.69, 9.17) is 10.4 Å². The summed E-state index contributed by atoms with van der Waals surface area (Å²) in [4.78, 5) is 10.6. The maximum Gasteiger partial charge on any atom is 0.356 e. The summed E-state index contributed by atoms with van der Waals surface area (Å²) >= 11 is 0. The molecule has 0 atom stereocenters. The Labute approximate surface area is 95.3 Å². The number of hydrogen-bond acceptors (Lipinski definition) is 3. The Kier molecular flexibility index (Phi) is 2.58. The molecule has 1 aromatic heterocycles. The van der Waals surface area contributed by atoms with Crippen LogP contribution in [0.1, 0.15) is 16.1 Å². The molecule has 6 heteroatoms. The van der Waals surface area contributed by atoms with Crippen LogP contribution in [0, 0.1) is 17.1 Å². The van der Waals surface area contributed by atoms with E-state index in [1.807, 2.05) is 0 Å². The Balaban J connectivity index is 2.46. The Bertz CT molecular complexity index is 628. The van der Waals surface area contributed by atoms with E-state index in [-0.39, 0.29) is 16.9 Å². The predicted octanol–water partition coefficient (Wildman–Crippen LogP) is 1.58. The number of hydrogen-bond donors (Lipinski definition) is 1. The lowest BCUT2D eigenvalue weighted by Crippen LogP contribution is -2.02. The molecule has 0 radical (unpaired) electrons. The molecule has 2 rings (SSSR count). The summed E-state index contributed by atoms with van der Waals surface area (Å²) in [7, 11) is 0. The standard InChI is InChI=1S/C11H6FN3O2/c12-8-5-7(6-13)1-2-10(8)15-4-3-9(14-15)11(16)17/h1-5H,(H,16,17). The van der Waals surface area contributed by atoms with Crippen molar-refractivity contribution >= 4 is 5.97 Å². The third kappa shape index (κ3) is 1.99. The van der Waals surface area contributed by atoms with E-state index in [1.165, 1.54) is 24.4 Å². The van der Waals surface area contributed by atoms with Gasteiger partial charge in [-0.05, 0) is 24.3 Å². The van der Waals surface area contributed by atoms with Crippen LogP contribution in [0.2, 0.25) is 0 Å². The number of carboxylic acid groups (broad SMARTS) is 1. The summed E-state index contributed by atoms with van der Waals surface area (Å²) in [5.41, 5.74) is 0.113. The third-order valence-electron chi connectivity index (χ3n) is 2.13. The Morgan fingerprint density at radius 3 is 2.76 bits per heavy atom. The van der Waals surface area contributed by atoms with Crippen LogP contribution in [0.25, 0.3) is 5.69 Å². The minimum absolute atomic E-state index is 0.0940. The van der Waals surface area contributed by atoms with Gasteiger partial charge < -0.3 is 5.11 Å². The van der Waals surface area contributed by atoms with E-state index < -0.39 is 11.8 Å². The molecule has 0 fully saturated rings. The van der Waals surface area contributed by atoms with Crippen molar-refractivity contribution in [3.8, 4) is 11.8 Å². The zero-order chi connectivity index (χ0) is 12.4. The summed E-state index contributed by atoms with van der Waals surface area (Å²) in [5.74, 6) is -1.82. The summed E-state index contributed by atoms with van der Waals surface area (Å²) in [6.45, 7) is 0. The Morgan fingerprint density at radius 2 is 2.24 bits per heavy atom. The van der Waals surface area contributed by atoms with Crippen LogP contribution in [0.4, 0.5) is 4.39 Å². The van der Waals surface area contributed by atoms with Crippen LogP contribution < -0.4 is 0 Å². The average Bonchev–Trinajstić information content (AvgIpc) is 2.78. The first-order valence-corrected chi connectivity index (χ1v) is 4.61. The summed E-state index contributed by atoms with van der Waals surface area (Å²) in [5, 5.41) is 21.0. The smallest absolute Gasteiger partial charge is 0.356 e. The van der Waals surface area contributed by atoms with Crippen molar-refractivity contribution < 1.29 is 14.3 Å². The van der Waals surface area contributed by atoms with Crippen LogP contribution in [-0.2, 0) is 0 Å². The maximum absolute atomic E-state index is 13.6. The van der Waals surface area contributed by atoms with Gasteiger partial charge in [0.15, 0.2) is 5.69 Å². The molecule has 0 aliphatic carbocycles. The van der Waals surface area contributed by atoms with Crippen LogP contribution in [0.3, 0.4) is 0 Å². The molecule has 0 aliphatic rings. The monoisotopic (exact) mass is 231 g/mol. The first-order chi connectivity index (χ1) is 8.11. The zero-order valence-electron chi connectivity index (χ0n) is 8.46. The van der Waals surface area contributed by atoms with Crippen molar-refractivity contribution in [3.63, 3.8) is 0 Å². The first-order valence-electron chi connectivity index (χ1n) is 4.61. The summed E-state index contributed by atoms with van der Waals surface area (Å²) in [6, 6.07) is 6.94. The lowest BCUT2D eigenvalue weighted by Gasteiger charge is -2.02. The molecule has 0 unspecified atom stereocenters. The molecular weight excluding hydrogens is 225 g/mol. The SMILES string of the molecule is N#Cc1ccc(-n2ccc(C(=O)O)n2)c(F)c1. The second-order valence-corrected chi connectivity index (χ2v) is 3.23. The van der Waals surface area contributed by atoms with E-state index in [0.29, 0.717) is 0 Å². The highest BCUT2D eigenvalue weighted by Crippen LogP contribution is 2.14. The quantitative estimate of drug-likeness (QED) is 0.850. The van der Waals surface area contributed by atoms with Gasteiger partial charge in [0.1, 0.15) is 11.5 Å². The molecule has 17 heavy (non-hydrogen) atoms. The number of nitrogens with zero attached hydrogens (tertiary/aromatic N) is 3. The van der Waals surface area contributed by atoms with Gasteiger partial charge in [-0.15, -0.1) is 0 Å². The van der Waals surface area contributed by atoms with E-state index >= 15 is 0 Å². The minimum atomic E-state index is -1.18. The molecule has 0 aliphatic heterocycles. The van der Waals surface area contributed by atoms with Crippen LogP contribution in [0.15, 0.2) is 30.5 Å². The number of halogens is 1. The number of carboxylic acids is 1. The van der Waals surface area contributed by atoms with E-state index in [2.05, 4.69) is 5.10 Å². The lowest BCUT2D eigenvalue weighted by molar-refractivity contribution is 0.0690. The number of aromatic carboxylic acids is 1. The van der Waals surface area contributed by atoms with Crippen molar-refractivity contribution in [1.29, 1.82) is 5.26 Å². The molecule has 84 valence electrons. The molecule has 0 saturated heterocycles. The van der Waals surface area contributed by atoms with Crippen LogP contribution in [-0.4, -0.2) is 20.9 Å². The van der Waals surface area contributed by atoms with Gasteiger partial charge in [0, 0.05) is 6.20 Å². The topological polar surface area (TPSA) is 78.9 Å². The fourth-order valence-corrected chi connectivity index (χ4v) is 1.33. The van der Waals surface area contributed by atoms with Crippen LogP contribution >= 0.6 is 0 Å². The maximum atomic E-state index is 13.6. The molecule has 2 aromatic rings. The van der Waals surface area contributed by atoms with E-state index in [9.17, 15) is 9.18 Å². The second-order valence-electron chi connectivity index (χ2n) is 3.23. The van der Waals surface area contributed by atoms with Crippen molar-refractivity contribution in [2.24, 2.45) is 0 Å². The third-order valence-corrected chi connectivity index (χ3v) is 2.13. The Hall–Kier alpha value is -2.68. The van der Waals surface area contributed by atoms with Crippen molar-refractivity contribution in [1.82, 2.24) is 9.78 Å². The molecule has 0 amide bonds. The predicted molar refractivity (Wildman–Crippen MR) is 55.2 cm³/mol. The average molecular weight is 231 g/mol. The number of nitriles is 1. The largest absolute Gasteiger partial charge is 0.476 e. The van der Waals surface area contributed by atoms with Gasteiger partial charge in [-0.1, -0.05) is 0 Å². The molecule has 1 heterocycles. The molecule has 5 nitrogen and oxygen atoms in total. The van der Waals surface area contributed by atoms with Gasteiger partial charge in [-0.2, -0.15) is 10.4 Å². The first kappa shape index (κ1) is 10.8. The summed E-state index contributed by atoms with van der Waals surface area (Å²) in [6.07, 6.45) is 1.34. The molecule has 1 N–H and O–H groups in total. The summed E-state index contributed by atoms with van der Waals surface area (Å²) < 4.78 is 14.7. The minimum Gasteiger partial charge on any atom is -0.476 e. The zero-order valence-corrected chi connectivity index (χ0v) is 8.46. The Morgan fingerprint density at radius 1 is 1.47 bits per heavy atom. The van der Waals surface area contributed by atoms with Crippen molar-refractivity contribution in [2.75, 3.05) is 0 Å². The number of benzene rings is 1. The highest BCUT2D eigenvalue weighted by molar-refractivity contribution is 5.85. The lowest BCUT2D eigenvalue weighted by atomic mass is 10.2. The number of rotatable bonds is 2. The van der Waals surface area contributed by atoms with Gasteiger partial charge >= 0.3 is 5.97 Å². The van der Waals surface area contributed by atoms with E-state index in [0.717, 1.165) is 10.7 Å². The molecular formula is C11H6FN3O2. The van der Waals surface area contributed by atoms with Crippen molar-refractivity contribution in [2.45, 2.75) is 0 Å². The molecule has 1 aromatic carbocycles. The fourth-order valence-electron chi connectivity index (χ4n) is 1.33. The van der Waals surface area contributed by atoms with Gasteiger partial charge in [0.25, 0.3) is 0 Å². The molecule has 0 bridgehead atoms. The normalized spacial score (nSPS) is 9.88. The molecule has 0 saturated carbocycles. The van der Waals surface area contributed by atoms with Gasteiger partial charge in [0.2, 0.25) is 0 Å². The van der Waals surface area contributed by atoms with Gasteiger partial charge in [-0.3, -0.25) is 0 Å². The number of aromatic nitrogens is 2. The van der Waals surface area contributed by atoms with Crippen LogP contribution in [0.5, 0.6) is 0 Å². The van der Waals surface area contributed by atoms with Gasteiger partial charge in [0.05, 0.1) is 11.6 Å². The van der Waals surface area contributed by atoms with Crippen molar-refractivity contribution in [3.05, 3.63) is 47.5 Å². The fraction of sp³-hybridized carbons (Fsp3) is 0. The highest BCUT2D eigenvalue weighted by Gasteiger charge is 2.10. The highest BCUT2D eigenvalue weighted by atomic mass is 19.1. The van der Waals surface area contributed by atoms with E-state index in [1.54, 1.807) is 6.07 Å².